The molecule has 29 heavy (non-hydrogen) atoms. The first-order valence-corrected chi connectivity index (χ1v) is 9.94. The summed E-state index contributed by atoms with van der Waals surface area (Å²) in [5, 5.41) is 28.6. The van der Waals surface area contributed by atoms with Crippen LogP contribution in [0.1, 0.15) is 46.6 Å². The number of benzene rings is 2. The summed E-state index contributed by atoms with van der Waals surface area (Å²) in [6.07, 6.45) is -0.965. The lowest BCUT2D eigenvalue weighted by atomic mass is 9.71. The summed E-state index contributed by atoms with van der Waals surface area (Å²) in [6, 6.07) is 10.9. The van der Waals surface area contributed by atoms with Crippen LogP contribution in [-0.4, -0.2) is 40.3 Å². The van der Waals surface area contributed by atoms with Gasteiger partial charge >= 0.3 is 0 Å². The Labute approximate surface area is 175 Å². The number of aliphatic hydroxyl groups is 2. The Balaban J connectivity index is 1.87. The van der Waals surface area contributed by atoms with Crippen LogP contribution in [0.15, 0.2) is 34.8 Å². The second kappa shape index (κ2) is 6.99. The van der Waals surface area contributed by atoms with Gasteiger partial charge in [0.1, 0.15) is 24.5 Å². The van der Waals surface area contributed by atoms with Crippen molar-refractivity contribution in [1.29, 1.82) is 5.26 Å². The maximum Gasteiger partial charge on any atom is 0.195 e. The summed E-state index contributed by atoms with van der Waals surface area (Å²) in [5.74, 6) is 0.434. The summed E-state index contributed by atoms with van der Waals surface area (Å²) >= 11 is 3.48. The van der Waals surface area contributed by atoms with Gasteiger partial charge in [0.2, 0.25) is 0 Å². The number of nitriles is 1. The van der Waals surface area contributed by atoms with E-state index in [0.717, 1.165) is 22.2 Å². The lowest BCUT2D eigenvalue weighted by molar-refractivity contribution is 0.0535. The first-order chi connectivity index (χ1) is 13.8. The third-order valence-corrected chi connectivity index (χ3v) is 6.27. The molecule has 7 heteroatoms. The van der Waals surface area contributed by atoms with Gasteiger partial charge in [-0.2, -0.15) is 5.26 Å². The van der Waals surface area contributed by atoms with Crippen molar-refractivity contribution in [3.05, 3.63) is 62.8 Å². The van der Waals surface area contributed by atoms with Gasteiger partial charge in [-0.3, -0.25) is 4.79 Å². The molecule has 3 aromatic rings. The molecule has 0 radical (unpaired) electrons. The van der Waals surface area contributed by atoms with Crippen LogP contribution >= 0.6 is 15.9 Å². The van der Waals surface area contributed by atoms with Crippen molar-refractivity contribution in [3.63, 3.8) is 0 Å². The van der Waals surface area contributed by atoms with Gasteiger partial charge in [0, 0.05) is 22.1 Å². The summed E-state index contributed by atoms with van der Waals surface area (Å²) in [6.45, 7) is 3.63. The second-order valence-corrected chi connectivity index (χ2v) is 8.44. The van der Waals surface area contributed by atoms with E-state index in [1.165, 1.54) is 0 Å². The van der Waals surface area contributed by atoms with E-state index in [4.69, 9.17) is 9.84 Å². The highest BCUT2D eigenvalue weighted by Crippen LogP contribution is 2.45. The number of fused-ring (bicyclic) bond motifs is 4. The molecule has 0 amide bonds. The van der Waals surface area contributed by atoms with E-state index >= 15 is 0 Å². The van der Waals surface area contributed by atoms with Crippen LogP contribution in [0, 0.1) is 11.3 Å². The predicted octanol–water partition coefficient (Wildman–Crippen LogP) is 3.40. The van der Waals surface area contributed by atoms with E-state index in [-0.39, 0.29) is 19.0 Å². The lowest BCUT2D eigenvalue weighted by Crippen LogP contribution is -2.30. The van der Waals surface area contributed by atoms with Crippen molar-refractivity contribution in [2.24, 2.45) is 0 Å². The molecule has 0 saturated heterocycles. The van der Waals surface area contributed by atoms with E-state index in [2.05, 4.69) is 27.0 Å². The zero-order chi connectivity index (χ0) is 20.9. The number of H-pyrrole nitrogens is 1. The Morgan fingerprint density at radius 3 is 2.76 bits per heavy atom. The van der Waals surface area contributed by atoms with Crippen molar-refractivity contribution in [3.8, 4) is 11.8 Å². The minimum absolute atomic E-state index is 0.0365. The number of carbonyl (C=O) groups is 1. The molecule has 3 N–H and O–H groups in total. The van der Waals surface area contributed by atoms with Crippen LogP contribution in [0.25, 0.3) is 10.9 Å². The van der Waals surface area contributed by atoms with Crippen molar-refractivity contribution in [2.75, 3.05) is 13.2 Å². The number of halogens is 1. The number of ketones is 1. The van der Waals surface area contributed by atoms with Gasteiger partial charge < -0.3 is 19.9 Å². The van der Waals surface area contributed by atoms with Gasteiger partial charge in [0.15, 0.2) is 5.78 Å². The minimum atomic E-state index is -0.965. The fourth-order valence-corrected chi connectivity index (χ4v) is 4.40. The highest BCUT2D eigenvalue weighted by molar-refractivity contribution is 9.10. The van der Waals surface area contributed by atoms with Crippen molar-refractivity contribution < 1.29 is 19.7 Å². The fraction of sp³-hybridized carbons (Fsp3) is 0.273. The molecule has 2 aromatic carbocycles. The van der Waals surface area contributed by atoms with Crippen LogP contribution in [0.5, 0.6) is 5.75 Å². The van der Waals surface area contributed by atoms with Crippen LogP contribution < -0.4 is 4.74 Å². The molecule has 0 spiro atoms. The van der Waals surface area contributed by atoms with E-state index in [0.29, 0.717) is 26.9 Å². The summed E-state index contributed by atoms with van der Waals surface area (Å²) in [4.78, 5) is 16.7. The maximum atomic E-state index is 13.3. The molecule has 4 rings (SSSR count). The number of aromatic amines is 1. The number of nitrogens with zero attached hydrogens (tertiary/aromatic N) is 1. The van der Waals surface area contributed by atoms with Crippen molar-refractivity contribution in [2.45, 2.75) is 25.4 Å². The fourth-order valence-electron chi connectivity index (χ4n) is 3.86. The zero-order valence-corrected chi connectivity index (χ0v) is 17.5. The molecule has 6 nitrogen and oxygen atoms in total. The number of rotatable bonds is 4. The standard InChI is InChI=1S/C22H19BrN2O4/c1-22(2)16-7-13(29-10-12(27)9-26)4-6-14(16)20(28)17-15-5-3-11(8-24)18(23)19(15)25-21(17)22/h3-7,12,25-27H,9-10H2,1-2H3. The normalized spacial score (nSPS) is 15.5. The Kier molecular flexibility index (Phi) is 4.74. The van der Waals surface area contributed by atoms with E-state index in [1.54, 1.807) is 24.3 Å². The molecule has 0 saturated carbocycles. The number of ether oxygens (including phenoxy) is 1. The SMILES string of the molecule is CC1(C)c2cc(OCC(O)CO)ccc2C(=O)c2c1[nH]c1c(Br)c(C#N)ccc21. The summed E-state index contributed by atoms with van der Waals surface area (Å²) in [7, 11) is 0. The Morgan fingerprint density at radius 2 is 2.07 bits per heavy atom. The molecule has 1 aliphatic carbocycles. The average molecular weight is 455 g/mol. The van der Waals surface area contributed by atoms with Crippen LogP contribution in [-0.2, 0) is 5.41 Å². The zero-order valence-electron chi connectivity index (χ0n) is 15.9. The van der Waals surface area contributed by atoms with E-state index in [9.17, 15) is 15.2 Å². The molecular weight excluding hydrogens is 436 g/mol. The minimum Gasteiger partial charge on any atom is -0.491 e. The molecule has 1 atom stereocenters. The number of hydrogen-bond donors (Lipinski definition) is 3. The number of nitrogens with one attached hydrogen (secondary N) is 1. The van der Waals surface area contributed by atoms with Gasteiger partial charge in [-0.1, -0.05) is 19.9 Å². The molecule has 1 unspecified atom stereocenters. The van der Waals surface area contributed by atoms with Gasteiger partial charge in [-0.05, 0) is 45.8 Å². The highest BCUT2D eigenvalue weighted by atomic mass is 79.9. The van der Waals surface area contributed by atoms with Crippen LogP contribution in [0.2, 0.25) is 0 Å². The van der Waals surface area contributed by atoms with E-state index in [1.807, 2.05) is 19.9 Å². The number of aliphatic hydroxyl groups excluding tert-OH is 2. The van der Waals surface area contributed by atoms with Crippen molar-refractivity contribution >= 4 is 32.6 Å². The molecule has 1 aromatic heterocycles. The first-order valence-electron chi connectivity index (χ1n) is 9.15. The summed E-state index contributed by atoms with van der Waals surface area (Å²) in [5.41, 5.74) is 3.52. The Hall–Kier alpha value is -2.66. The van der Waals surface area contributed by atoms with Gasteiger partial charge in [-0.25, -0.2) is 0 Å². The Bertz CT molecular complexity index is 1190. The summed E-state index contributed by atoms with van der Waals surface area (Å²) < 4.78 is 6.21. The molecule has 148 valence electrons. The van der Waals surface area contributed by atoms with Crippen molar-refractivity contribution in [1.82, 2.24) is 4.98 Å². The van der Waals surface area contributed by atoms with Crippen LogP contribution in [0.3, 0.4) is 0 Å². The molecule has 1 aliphatic rings. The first kappa shape index (κ1) is 19.6. The van der Waals surface area contributed by atoms with Gasteiger partial charge in [0.25, 0.3) is 0 Å². The molecular formula is C22H19BrN2O4. The number of hydrogen-bond acceptors (Lipinski definition) is 5. The van der Waals surface area contributed by atoms with Gasteiger partial charge in [-0.15, -0.1) is 0 Å². The molecule has 0 bridgehead atoms. The predicted molar refractivity (Wildman–Crippen MR) is 111 cm³/mol. The van der Waals surface area contributed by atoms with Gasteiger partial charge in [0.05, 0.1) is 27.7 Å². The maximum absolute atomic E-state index is 13.3. The number of aromatic nitrogens is 1. The molecule has 0 aliphatic heterocycles. The lowest BCUT2D eigenvalue weighted by Gasteiger charge is -2.32. The molecule has 1 heterocycles. The molecule has 0 fully saturated rings. The third kappa shape index (κ3) is 2.96. The average Bonchev–Trinajstić information content (AvgIpc) is 3.12. The largest absolute Gasteiger partial charge is 0.491 e. The highest BCUT2D eigenvalue weighted by Gasteiger charge is 2.40. The Morgan fingerprint density at radius 1 is 1.31 bits per heavy atom. The van der Waals surface area contributed by atoms with E-state index < -0.39 is 11.5 Å². The quantitative estimate of drug-likeness (QED) is 0.559. The smallest absolute Gasteiger partial charge is 0.195 e. The van der Waals surface area contributed by atoms with Crippen LogP contribution in [0.4, 0.5) is 0 Å². The second-order valence-electron chi connectivity index (χ2n) is 7.65. The monoisotopic (exact) mass is 454 g/mol. The topological polar surface area (TPSA) is 106 Å². The number of carbonyl (C=O) groups excluding carboxylic acids is 1. The third-order valence-electron chi connectivity index (χ3n) is 5.45.